The van der Waals surface area contributed by atoms with Crippen molar-refractivity contribution in [2.45, 2.75) is 6.42 Å². The van der Waals surface area contributed by atoms with Gasteiger partial charge in [-0.25, -0.2) is 0 Å². The fourth-order valence-corrected chi connectivity index (χ4v) is 3.15. The van der Waals surface area contributed by atoms with E-state index in [0.29, 0.717) is 12.3 Å². The maximum atomic E-state index is 12.2. The summed E-state index contributed by atoms with van der Waals surface area (Å²) in [6.07, 6.45) is 0.737. The Hall–Kier alpha value is -3.13. The van der Waals surface area contributed by atoms with Crippen LogP contribution in [0.15, 0.2) is 52.3 Å². The summed E-state index contributed by atoms with van der Waals surface area (Å²) in [6.45, 7) is 0.484. The highest BCUT2D eigenvalue weighted by Crippen LogP contribution is 2.34. The van der Waals surface area contributed by atoms with Crippen LogP contribution in [-0.4, -0.2) is 24.5 Å². The number of hydrogen-bond acceptors (Lipinski definition) is 6. The van der Waals surface area contributed by atoms with Crippen LogP contribution in [0, 0.1) is 10.1 Å². The SMILES string of the molecule is COc1ccc(-c2ccc(C(=O)NCCc3cccs3)o2)c([N+](=O)[O-])c1. The van der Waals surface area contributed by atoms with E-state index in [1.165, 1.54) is 30.2 Å². The Labute approximate surface area is 153 Å². The molecule has 0 aliphatic rings. The highest BCUT2D eigenvalue weighted by atomic mass is 32.1. The number of methoxy groups -OCH3 is 1. The predicted octanol–water partition coefficient (Wildman–Crippen LogP) is 3.90. The van der Waals surface area contributed by atoms with E-state index in [1.54, 1.807) is 23.5 Å². The summed E-state index contributed by atoms with van der Waals surface area (Å²) in [5.41, 5.74) is 0.136. The Morgan fingerprint density at radius 2 is 2.15 bits per heavy atom. The zero-order valence-corrected chi connectivity index (χ0v) is 14.7. The van der Waals surface area contributed by atoms with Gasteiger partial charge in [-0.15, -0.1) is 11.3 Å². The van der Waals surface area contributed by atoms with Gasteiger partial charge in [0.25, 0.3) is 11.6 Å². The van der Waals surface area contributed by atoms with Gasteiger partial charge in [-0.3, -0.25) is 14.9 Å². The van der Waals surface area contributed by atoms with Crippen LogP contribution in [0.4, 0.5) is 5.69 Å². The smallest absolute Gasteiger partial charge is 0.287 e. The molecule has 3 rings (SSSR count). The topological polar surface area (TPSA) is 94.6 Å². The number of thiophene rings is 1. The van der Waals surface area contributed by atoms with Gasteiger partial charge in [0.2, 0.25) is 0 Å². The average Bonchev–Trinajstić information content (AvgIpc) is 3.33. The molecule has 0 spiro atoms. The van der Waals surface area contributed by atoms with Crippen molar-refractivity contribution in [2.75, 3.05) is 13.7 Å². The molecule has 0 radical (unpaired) electrons. The number of benzene rings is 1. The standard InChI is InChI=1S/C18H16N2O5S/c1-24-12-4-5-14(15(11-12)20(22)23)16-6-7-17(25-16)18(21)19-9-8-13-3-2-10-26-13/h2-7,10-11H,8-9H2,1H3,(H,19,21). The molecule has 0 bridgehead atoms. The third-order valence-corrected chi connectivity index (χ3v) is 4.67. The lowest BCUT2D eigenvalue weighted by molar-refractivity contribution is -0.384. The van der Waals surface area contributed by atoms with E-state index < -0.39 is 4.92 Å². The quantitative estimate of drug-likeness (QED) is 0.501. The number of carbonyl (C=O) groups excluding carboxylic acids is 1. The Kier molecular flexibility index (Phi) is 5.33. The Balaban J connectivity index is 1.73. The number of nitrogens with one attached hydrogen (secondary N) is 1. The van der Waals surface area contributed by atoms with Crippen LogP contribution >= 0.6 is 11.3 Å². The second-order valence-corrected chi connectivity index (χ2v) is 6.42. The second kappa shape index (κ2) is 7.83. The van der Waals surface area contributed by atoms with Crippen LogP contribution in [0.3, 0.4) is 0 Å². The Morgan fingerprint density at radius 1 is 1.31 bits per heavy atom. The van der Waals surface area contributed by atoms with E-state index in [4.69, 9.17) is 9.15 Å². The third kappa shape index (κ3) is 3.92. The number of rotatable bonds is 7. The summed E-state index contributed by atoms with van der Waals surface area (Å²) in [5, 5.41) is 16.0. The van der Waals surface area contributed by atoms with E-state index in [1.807, 2.05) is 17.5 Å². The van der Waals surface area contributed by atoms with Gasteiger partial charge in [-0.1, -0.05) is 6.07 Å². The van der Waals surface area contributed by atoms with Crippen molar-refractivity contribution in [1.29, 1.82) is 0 Å². The van der Waals surface area contributed by atoms with Crippen molar-refractivity contribution in [3.05, 3.63) is 68.6 Å². The maximum Gasteiger partial charge on any atom is 0.287 e. The zero-order chi connectivity index (χ0) is 18.5. The van der Waals surface area contributed by atoms with Crippen LogP contribution in [0.2, 0.25) is 0 Å². The van der Waals surface area contributed by atoms with Crippen molar-refractivity contribution < 1.29 is 18.9 Å². The van der Waals surface area contributed by atoms with E-state index >= 15 is 0 Å². The molecular formula is C18H16N2O5S. The van der Waals surface area contributed by atoms with Crippen molar-refractivity contribution >= 4 is 22.9 Å². The first-order chi connectivity index (χ1) is 12.6. The number of amides is 1. The highest BCUT2D eigenvalue weighted by molar-refractivity contribution is 7.09. The monoisotopic (exact) mass is 372 g/mol. The predicted molar refractivity (Wildman–Crippen MR) is 97.7 cm³/mol. The summed E-state index contributed by atoms with van der Waals surface area (Å²) >= 11 is 1.63. The lowest BCUT2D eigenvalue weighted by atomic mass is 10.1. The molecule has 2 heterocycles. The fourth-order valence-electron chi connectivity index (χ4n) is 2.44. The van der Waals surface area contributed by atoms with Gasteiger partial charge in [0, 0.05) is 11.4 Å². The van der Waals surface area contributed by atoms with E-state index in [2.05, 4.69) is 5.32 Å². The molecule has 7 nitrogen and oxygen atoms in total. The first kappa shape index (κ1) is 17.7. The number of ether oxygens (including phenoxy) is 1. The molecule has 0 atom stereocenters. The summed E-state index contributed by atoms with van der Waals surface area (Å²) < 4.78 is 10.5. The molecule has 0 saturated heterocycles. The van der Waals surface area contributed by atoms with Gasteiger partial charge in [0.15, 0.2) is 5.76 Å². The number of nitro benzene ring substituents is 1. The molecule has 0 aliphatic carbocycles. The highest BCUT2D eigenvalue weighted by Gasteiger charge is 2.20. The lowest BCUT2D eigenvalue weighted by Gasteiger charge is -2.04. The molecule has 26 heavy (non-hydrogen) atoms. The Bertz CT molecular complexity index is 918. The van der Waals surface area contributed by atoms with Gasteiger partial charge in [-0.05, 0) is 42.1 Å². The third-order valence-electron chi connectivity index (χ3n) is 3.73. The van der Waals surface area contributed by atoms with E-state index in [0.717, 1.165) is 6.42 Å². The number of carbonyl (C=O) groups is 1. The largest absolute Gasteiger partial charge is 0.497 e. The normalized spacial score (nSPS) is 10.5. The van der Waals surface area contributed by atoms with Crippen LogP contribution in [0.1, 0.15) is 15.4 Å². The van der Waals surface area contributed by atoms with Crippen molar-refractivity contribution in [3.8, 4) is 17.1 Å². The summed E-state index contributed by atoms with van der Waals surface area (Å²) in [7, 11) is 1.43. The van der Waals surface area contributed by atoms with Gasteiger partial charge in [0.1, 0.15) is 11.5 Å². The molecule has 0 unspecified atom stereocenters. The molecule has 134 valence electrons. The number of furan rings is 1. The molecule has 2 aromatic heterocycles. The molecule has 1 amide bonds. The van der Waals surface area contributed by atoms with Crippen LogP contribution < -0.4 is 10.1 Å². The van der Waals surface area contributed by atoms with E-state index in [9.17, 15) is 14.9 Å². The van der Waals surface area contributed by atoms with Crippen LogP contribution in [-0.2, 0) is 6.42 Å². The molecule has 0 fully saturated rings. The summed E-state index contributed by atoms with van der Waals surface area (Å²) in [5.74, 6) is 0.376. The molecule has 3 aromatic rings. The second-order valence-electron chi connectivity index (χ2n) is 5.39. The summed E-state index contributed by atoms with van der Waals surface area (Å²) in [4.78, 5) is 24.1. The van der Waals surface area contributed by atoms with Crippen molar-refractivity contribution in [2.24, 2.45) is 0 Å². The molecule has 1 N–H and O–H groups in total. The van der Waals surface area contributed by atoms with Crippen LogP contribution in [0.25, 0.3) is 11.3 Å². The molecule has 1 aromatic carbocycles. The minimum Gasteiger partial charge on any atom is -0.497 e. The summed E-state index contributed by atoms with van der Waals surface area (Å²) in [6, 6.07) is 11.5. The van der Waals surface area contributed by atoms with E-state index in [-0.39, 0.29) is 28.7 Å². The van der Waals surface area contributed by atoms with Gasteiger partial charge >= 0.3 is 0 Å². The van der Waals surface area contributed by atoms with Crippen molar-refractivity contribution in [1.82, 2.24) is 5.32 Å². The number of hydrogen-bond donors (Lipinski definition) is 1. The fraction of sp³-hybridized carbons (Fsp3) is 0.167. The minimum absolute atomic E-state index is 0.108. The van der Waals surface area contributed by atoms with Crippen molar-refractivity contribution in [3.63, 3.8) is 0 Å². The number of nitro groups is 1. The zero-order valence-electron chi connectivity index (χ0n) is 13.9. The van der Waals surface area contributed by atoms with Gasteiger partial charge < -0.3 is 14.5 Å². The minimum atomic E-state index is -0.513. The molecule has 0 aliphatic heterocycles. The average molecular weight is 372 g/mol. The maximum absolute atomic E-state index is 12.2. The number of nitrogens with zero attached hydrogens (tertiary/aromatic N) is 1. The van der Waals surface area contributed by atoms with Crippen LogP contribution in [0.5, 0.6) is 5.75 Å². The molecule has 0 saturated carbocycles. The first-order valence-corrected chi connectivity index (χ1v) is 8.69. The molecular weight excluding hydrogens is 356 g/mol. The lowest BCUT2D eigenvalue weighted by Crippen LogP contribution is -2.25. The Morgan fingerprint density at radius 3 is 2.85 bits per heavy atom. The van der Waals surface area contributed by atoms with Gasteiger partial charge in [0.05, 0.1) is 23.7 Å². The first-order valence-electron chi connectivity index (χ1n) is 7.81. The molecule has 8 heteroatoms. The van der Waals surface area contributed by atoms with Gasteiger partial charge in [-0.2, -0.15) is 0 Å².